The third-order valence-electron chi connectivity index (χ3n) is 5.62. The van der Waals surface area contributed by atoms with E-state index in [2.05, 4.69) is 33.4 Å². The second kappa shape index (κ2) is 10.9. The molecule has 0 saturated heterocycles. The molecule has 2 aromatic carbocycles. The molecule has 1 unspecified atom stereocenters. The summed E-state index contributed by atoms with van der Waals surface area (Å²) in [5, 5.41) is 9.28. The number of carbonyl (C=O) groups is 1. The van der Waals surface area contributed by atoms with E-state index in [9.17, 15) is 4.79 Å². The summed E-state index contributed by atoms with van der Waals surface area (Å²) in [6.07, 6.45) is 5.34. The molecule has 2 heterocycles. The number of nitrogens with one attached hydrogen (secondary N) is 2. The van der Waals surface area contributed by atoms with Crippen molar-refractivity contribution in [2.75, 3.05) is 6.54 Å². The minimum Gasteiger partial charge on any atom is -0.361 e. The van der Waals surface area contributed by atoms with Gasteiger partial charge in [0.25, 0.3) is 0 Å². The summed E-state index contributed by atoms with van der Waals surface area (Å²) in [5.74, 6) is 1.15. The number of aromatic amines is 1. The van der Waals surface area contributed by atoms with Crippen molar-refractivity contribution >= 4 is 40.0 Å². The van der Waals surface area contributed by atoms with Crippen molar-refractivity contribution in [1.82, 2.24) is 20.4 Å². The van der Waals surface area contributed by atoms with Crippen LogP contribution in [0.2, 0.25) is 10.0 Å². The molecule has 0 fully saturated rings. The summed E-state index contributed by atoms with van der Waals surface area (Å²) in [4.78, 5) is 20.3. The first-order valence-corrected chi connectivity index (χ1v) is 11.9. The highest BCUT2D eigenvalue weighted by molar-refractivity contribution is 6.35. The molecule has 6 nitrogen and oxygen atoms in total. The molecule has 8 heteroatoms. The van der Waals surface area contributed by atoms with Gasteiger partial charge in [-0.3, -0.25) is 4.79 Å². The zero-order chi connectivity index (χ0) is 23.2. The zero-order valence-electron chi connectivity index (χ0n) is 18.4. The van der Waals surface area contributed by atoms with E-state index in [1.165, 1.54) is 0 Å². The summed E-state index contributed by atoms with van der Waals surface area (Å²) in [5.41, 5.74) is 3.03. The first kappa shape index (κ1) is 23.3. The number of halogens is 2. The quantitative estimate of drug-likeness (QED) is 0.285. The number of para-hydroxylation sites is 1. The van der Waals surface area contributed by atoms with E-state index in [0.717, 1.165) is 40.7 Å². The van der Waals surface area contributed by atoms with Crippen molar-refractivity contribution in [2.24, 2.45) is 0 Å². The van der Waals surface area contributed by atoms with Crippen molar-refractivity contribution in [3.8, 4) is 0 Å². The number of rotatable bonds is 10. The van der Waals surface area contributed by atoms with E-state index in [0.29, 0.717) is 41.7 Å². The number of hydrogen-bond acceptors (Lipinski definition) is 4. The molecule has 2 aromatic heterocycles. The number of H-pyrrole nitrogens is 1. The van der Waals surface area contributed by atoms with E-state index in [4.69, 9.17) is 27.7 Å². The van der Waals surface area contributed by atoms with Gasteiger partial charge in [0.05, 0.1) is 0 Å². The molecular weight excluding hydrogens is 459 g/mol. The number of amides is 1. The molecule has 33 heavy (non-hydrogen) atoms. The molecule has 0 saturated carbocycles. The Labute approximate surface area is 202 Å². The molecule has 2 N–H and O–H groups in total. The zero-order valence-corrected chi connectivity index (χ0v) is 19.9. The van der Waals surface area contributed by atoms with Crippen LogP contribution in [0.25, 0.3) is 10.9 Å². The molecule has 0 radical (unpaired) electrons. The van der Waals surface area contributed by atoms with Crippen molar-refractivity contribution < 1.29 is 9.32 Å². The predicted molar refractivity (Wildman–Crippen MR) is 131 cm³/mol. The SMILES string of the molecule is CCCc1noc(CCCC(=O)NCC(c2ccc(Cl)cc2Cl)c2c[nH]c3ccccc23)n1. The van der Waals surface area contributed by atoms with Gasteiger partial charge >= 0.3 is 0 Å². The fraction of sp³-hybridized carbons (Fsp3) is 0.320. The number of nitrogens with zero attached hydrogens (tertiary/aromatic N) is 2. The van der Waals surface area contributed by atoms with Crippen LogP contribution in [0.1, 0.15) is 54.9 Å². The third-order valence-corrected chi connectivity index (χ3v) is 6.18. The van der Waals surface area contributed by atoms with Gasteiger partial charge in [-0.05, 0) is 42.2 Å². The predicted octanol–water partition coefficient (Wildman–Crippen LogP) is 6.08. The highest BCUT2D eigenvalue weighted by Gasteiger charge is 2.21. The number of aromatic nitrogens is 3. The lowest BCUT2D eigenvalue weighted by atomic mass is 9.90. The summed E-state index contributed by atoms with van der Waals surface area (Å²) in [6.45, 7) is 2.49. The lowest BCUT2D eigenvalue weighted by Crippen LogP contribution is -2.28. The number of carbonyl (C=O) groups excluding carboxylic acids is 1. The molecule has 4 aromatic rings. The average molecular weight is 485 g/mol. The Morgan fingerprint density at radius 2 is 2.00 bits per heavy atom. The molecule has 0 aliphatic carbocycles. The van der Waals surface area contributed by atoms with Gasteiger partial charge in [0.2, 0.25) is 11.8 Å². The van der Waals surface area contributed by atoms with Gasteiger partial charge in [-0.1, -0.05) is 59.5 Å². The maximum absolute atomic E-state index is 12.6. The van der Waals surface area contributed by atoms with Crippen LogP contribution in [-0.4, -0.2) is 27.6 Å². The van der Waals surface area contributed by atoms with E-state index in [1.807, 2.05) is 36.5 Å². The smallest absolute Gasteiger partial charge is 0.226 e. The minimum absolute atomic E-state index is 0.0294. The summed E-state index contributed by atoms with van der Waals surface area (Å²) in [6, 6.07) is 13.6. The number of hydrogen-bond donors (Lipinski definition) is 2. The van der Waals surface area contributed by atoms with Crippen molar-refractivity contribution in [3.05, 3.63) is 81.5 Å². The highest BCUT2D eigenvalue weighted by atomic mass is 35.5. The maximum atomic E-state index is 12.6. The minimum atomic E-state index is -0.123. The largest absolute Gasteiger partial charge is 0.361 e. The molecule has 0 spiro atoms. The standard InChI is InChI=1S/C25H26Cl2N4O2/c1-2-6-23-30-25(33-31-23)10-5-9-24(32)29-15-19(17-12-11-16(26)13-21(17)27)20-14-28-22-8-4-3-7-18(20)22/h3-4,7-8,11-14,19,28H,2,5-6,9-10,15H2,1H3,(H,29,32). The molecule has 0 aliphatic rings. The maximum Gasteiger partial charge on any atom is 0.226 e. The van der Waals surface area contributed by atoms with Gasteiger partial charge < -0.3 is 14.8 Å². The molecule has 172 valence electrons. The summed E-state index contributed by atoms with van der Waals surface area (Å²) >= 11 is 12.7. The normalized spacial score (nSPS) is 12.2. The highest BCUT2D eigenvalue weighted by Crippen LogP contribution is 2.35. The average Bonchev–Trinajstić information content (AvgIpc) is 3.43. The molecule has 0 aliphatic heterocycles. The Kier molecular flexibility index (Phi) is 7.68. The Morgan fingerprint density at radius 1 is 1.15 bits per heavy atom. The Hall–Kier alpha value is -2.83. The van der Waals surface area contributed by atoms with Crippen LogP contribution in [0, 0.1) is 0 Å². The second-order valence-electron chi connectivity index (χ2n) is 8.02. The molecule has 4 rings (SSSR count). The van der Waals surface area contributed by atoms with Gasteiger partial charge in [0.15, 0.2) is 5.82 Å². The monoisotopic (exact) mass is 484 g/mol. The molecule has 1 atom stereocenters. The lowest BCUT2D eigenvalue weighted by Gasteiger charge is -2.19. The number of fused-ring (bicyclic) bond motifs is 1. The Balaban J connectivity index is 1.43. The fourth-order valence-corrected chi connectivity index (χ4v) is 4.52. The Bertz CT molecular complexity index is 1230. The number of benzene rings is 2. The topological polar surface area (TPSA) is 83.8 Å². The van der Waals surface area contributed by atoms with Gasteiger partial charge in [-0.2, -0.15) is 4.98 Å². The first-order chi connectivity index (χ1) is 16.0. The fourth-order valence-electron chi connectivity index (χ4n) is 3.98. The van der Waals surface area contributed by atoms with Crippen LogP contribution in [0.4, 0.5) is 0 Å². The van der Waals surface area contributed by atoms with E-state index >= 15 is 0 Å². The van der Waals surface area contributed by atoms with Crippen molar-refractivity contribution in [2.45, 2.75) is 44.9 Å². The molecule has 0 bridgehead atoms. The van der Waals surface area contributed by atoms with Crippen molar-refractivity contribution in [1.29, 1.82) is 0 Å². The third kappa shape index (κ3) is 5.75. The van der Waals surface area contributed by atoms with Gasteiger partial charge in [-0.25, -0.2) is 0 Å². The van der Waals surface area contributed by atoms with Crippen LogP contribution in [0.5, 0.6) is 0 Å². The van der Waals surface area contributed by atoms with Gasteiger partial charge in [0, 0.05) is 58.9 Å². The van der Waals surface area contributed by atoms with Gasteiger partial charge in [0.1, 0.15) is 0 Å². The lowest BCUT2D eigenvalue weighted by molar-refractivity contribution is -0.121. The van der Waals surface area contributed by atoms with E-state index in [-0.39, 0.29) is 11.8 Å². The Morgan fingerprint density at radius 3 is 2.82 bits per heavy atom. The first-order valence-electron chi connectivity index (χ1n) is 11.1. The van der Waals surface area contributed by atoms with Crippen LogP contribution in [-0.2, 0) is 17.6 Å². The summed E-state index contributed by atoms with van der Waals surface area (Å²) in [7, 11) is 0. The van der Waals surface area contributed by atoms with Crippen molar-refractivity contribution in [3.63, 3.8) is 0 Å². The van der Waals surface area contributed by atoms with Gasteiger partial charge in [-0.15, -0.1) is 0 Å². The van der Waals surface area contributed by atoms with Crippen LogP contribution in [0.15, 0.2) is 53.2 Å². The van der Waals surface area contributed by atoms with Crippen LogP contribution >= 0.6 is 23.2 Å². The van der Waals surface area contributed by atoms with Crippen LogP contribution < -0.4 is 5.32 Å². The van der Waals surface area contributed by atoms with Crippen LogP contribution in [0.3, 0.4) is 0 Å². The van der Waals surface area contributed by atoms with E-state index < -0.39 is 0 Å². The van der Waals surface area contributed by atoms with E-state index in [1.54, 1.807) is 6.07 Å². The number of aryl methyl sites for hydroxylation is 2. The summed E-state index contributed by atoms with van der Waals surface area (Å²) < 4.78 is 5.25. The molecular formula is C25H26Cl2N4O2. The second-order valence-corrected chi connectivity index (χ2v) is 8.86. The molecule has 1 amide bonds.